The van der Waals surface area contributed by atoms with Crippen molar-refractivity contribution in [1.29, 1.82) is 0 Å². The van der Waals surface area contributed by atoms with Crippen LogP contribution in [-0.2, 0) is 11.3 Å². The summed E-state index contributed by atoms with van der Waals surface area (Å²) >= 11 is 1.87. The second kappa shape index (κ2) is 5.45. The van der Waals surface area contributed by atoms with Crippen LogP contribution in [0.4, 0.5) is 0 Å². The maximum absolute atomic E-state index is 5.27. The van der Waals surface area contributed by atoms with Gasteiger partial charge in [0.2, 0.25) is 0 Å². The minimum atomic E-state index is 0.347. The van der Waals surface area contributed by atoms with Crippen LogP contribution in [0.1, 0.15) is 11.8 Å². The van der Waals surface area contributed by atoms with Crippen molar-refractivity contribution in [3.05, 3.63) is 47.3 Å². The van der Waals surface area contributed by atoms with Gasteiger partial charge in [0.05, 0.1) is 13.2 Å². The van der Waals surface area contributed by atoms with E-state index in [-0.39, 0.29) is 0 Å². The molecule has 1 aromatic carbocycles. The summed E-state index contributed by atoms with van der Waals surface area (Å²) in [7, 11) is 0. The van der Waals surface area contributed by atoms with Crippen LogP contribution in [0.3, 0.4) is 0 Å². The van der Waals surface area contributed by atoms with Crippen molar-refractivity contribution in [3.8, 4) is 10.4 Å². The van der Waals surface area contributed by atoms with Crippen LogP contribution in [0.5, 0.6) is 0 Å². The minimum absolute atomic E-state index is 0.347. The molecule has 0 bridgehead atoms. The van der Waals surface area contributed by atoms with Gasteiger partial charge in [-0.1, -0.05) is 37.3 Å². The average Bonchev–Trinajstić information content (AvgIpc) is 2.87. The zero-order chi connectivity index (χ0) is 13.1. The van der Waals surface area contributed by atoms with Gasteiger partial charge in [-0.25, -0.2) is 0 Å². The van der Waals surface area contributed by atoms with Crippen LogP contribution >= 0.6 is 11.3 Å². The lowest BCUT2D eigenvalue weighted by Gasteiger charge is -2.38. The van der Waals surface area contributed by atoms with Crippen molar-refractivity contribution in [2.75, 3.05) is 19.8 Å². The highest BCUT2D eigenvalue weighted by molar-refractivity contribution is 7.15. The molecule has 0 radical (unpaired) electrons. The zero-order valence-electron chi connectivity index (χ0n) is 11.2. The van der Waals surface area contributed by atoms with Crippen LogP contribution < -0.4 is 5.32 Å². The molecule has 100 valence electrons. The van der Waals surface area contributed by atoms with Crippen molar-refractivity contribution in [2.45, 2.75) is 13.5 Å². The standard InChI is InChI=1S/C16H19NOS/c1-16(11-18-12-16)10-17-9-14-7-8-15(19-14)13-5-3-2-4-6-13/h2-8,17H,9-12H2,1H3. The Kier molecular flexibility index (Phi) is 3.69. The minimum Gasteiger partial charge on any atom is -0.380 e. The van der Waals surface area contributed by atoms with Gasteiger partial charge in [-0.15, -0.1) is 11.3 Å². The predicted octanol–water partition coefficient (Wildman–Crippen LogP) is 3.54. The molecule has 1 aliphatic rings. The lowest BCUT2D eigenvalue weighted by atomic mass is 9.89. The zero-order valence-corrected chi connectivity index (χ0v) is 12.0. The fraction of sp³-hybridized carbons (Fsp3) is 0.375. The third-order valence-corrected chi connectivity index (χ3v) is 4.61. The normalized spacial score (nSPS) is 17.1. The smallest absolute Gasteiger partial charge is 0.0554 e. The predicted molar refractivity (Wildman–Crippen MR) is 80.4 cm³/mol. The molecule has 0 saturated carbocycles. The molecular formula is C16H19NOS. The van der Waals surface area contributed by atoms with E-state index >= 15 is 0 Å². The molecule has 0 unspecified atom stereocenters. The van der Waals surface area contributed by atoms with E-state index in [0.717, 1.165) is 26.3 Å². The van der Waals surface area contributed by atoms with Crippen LogP contribution in [0.25, 0.3) is 10.4 Å². The van der Waals surface area contributed by atoms with Crippen LogP contribution in [0, 0.1) is 5.41 Å². The highest BCUT2D eigenvalue weighted by Gasteiger charge is 2.32. The van der Waals surface area contributed by atoms with Crippen molar-refractivity contribution in [3.63, 3.8) is 0 Å². The Morgan fingerprint density at radius 3 is 2.63 bits per heavy atom. The molecule has 3 heteroatoms. The summed E-state index contributed by atoms with van der Waals surface area (Å²) in [5, 5.41) is 3.54. The molecule has 2 heterocycles. The lowest BCUT2D eigenvalue weighted by Crippen LogP contribution is -2.47. The summed E-state index contributed by atoms with van der Waals surface area (Å²) in [5.74, 6) is 0. The van der Waals surface area contributed by atoms with Gasteiger partial charge in [-0.05, 0) is 17.7 Å². The van der Waals surface area contributed by atoms with Crippen molar-refractivity contribution in [2.24, 2.45) is 5.41 Å². The van der Waals surface area contributed by atoms with Gasteiger partial charge in [0.15, 0.2) is 0 Å². The number of thiophene rings is 1. The molecule has 1 fully saturated rings. The van der Waals surface area contributed by atoms with Crippen LogP contribution in [0.2, 0.25) is 0 Å². The topological polar surface area (TPSA) is 21.3 Å². The van der Waals surface area contributed by atoms with Gasteiger partial charge >= 0.3 is 0 Å². The summed E-state index contributed by atoms with van der Waals surface area (Å²) in [5.41, 5.74) is 1.65. The van der Waals surface area contributed by atoms with Gasteiger partial charge < -0.3 is 10.1 Å². The maximum atomic E-state index is 5.27. The third kappa shape index (κ3) is 3.06. The Bertz CT molecular complexity index is 531. The number of hydrogen-bond donors (Lipinski definition) is 1. The molecule has 3 rings (SSSR count). The Labute approximate surface area is 118 Å². The SMILES string of the molecule is CC1(CNCc2ccc(-c3ccccc3)s2)COC1. The first-order valence-electron chi connectivity index (χ1n) is 6.68. The number of nitrogens with one attached hydrogen (secondary N) is 1. The van der Waals surface area contributed by atoms with Crippen molar-refractivity contribution < 1.29 is 4.74 Å². The van der Waals surface area contributed by atoms with Gasteiger partial charge in [0.25, 0.3) is 0 Å². The van der Waals surface area contributed by atoms with Crippen molar-refractivity contribution in [1.82, 2.24) is 5.32 Å². The number of benzene rings is 1. The fourth-order valence-electron chi connectivity index (χ4n) is 2.27. The number of ether oxygens (including phenoxy) is 1. The average molecular weight is 273 g/mol. The van der Waals surface area contributed by atoms with E-state index in [1.807, 2.05) is 11.3 Å². The Balaban J connectivity index is 1.56. The van der Waals surface area contributed by atoms with Crippen molar-refractivity contribution >= 4 is 11.3 Å². The van der Waals surface area contributed by atoms with Gasteiger partial charge in [-0.3, -0.25) is 0 Å². The molecule has 0 atom stereocenters. The Morgan fingerprint density at radius 1 is 1.16 bits per heavy atom. The molecule has 1 saturated heterocycles. The third-order valence-electron chi connectivity index (χ3n) is 3.47. The summed E-state index contributed by atoms with van der Waals surface area (Å²) in [6, 6.07) is 15.0. The van der Waals surface area contributed by atoms with Crippen LogP contribution in [0.15, 0.2) is 42.5 Å². The van der Waals surface area contributed by atoms with E-state index in [2.05, 4.69) is 54.7 Å². The Hall–Kier alpha value is -1.16. The molecular weight excluding hydrogens is 254 g/mol. The highest BCUT2D eigenvalue weighted by Crippen LogP contribution is 2.28. The number of hydrogen-bond acceptors (Lipinski definition) is 3. The van der Waals surface area contributed by atoms with E-state index in [1.165, 1.54) is 15.3 Å². The monoisotopic (exact) mass is 273 g/mol. The van der Waals surface area contributed by atoms with Crippen LogP contribution in [-0.4, -0.2) is 19.8 Å². The molecule has 1 aromatic heterocycles. The van der Waals surface area contributed by atoms with Gasteiger partial charge in [-0.2, -0.15) is 0 Å². The van der Waals surface area contributed by atoms with E-state index in [1.54, 1.807) is 0 Å². The largest absolute Gasteiger partial charge is 0.380 e. The fourth-order valence-corrected chi connectivity index (χ4v) is 3.25. The van der Waals surface area contributed by atoms with Gasteiger partial charge in [0, 0.05) is 28.3 Å². The summed E-state index contributed by atoms with van der Waals surface area (Å²) in [4.78, 5) is 2.73. The number of rotatable bonds is 5. The van der Waals surface area contributed by atoms with E-state index in [4.69, 9.17) is 4.74 Å². The molecule has 19 heavy (non-hydrogen) atoms. The van der Waals surface area contributed by atoms with E-state index in [0.29, 0.717) is 5.41 Å². The quantitative estimate of drug-likeness (QED) is 0.899. The summed E-state index contributed by atoms with van der Waals surface area (Å²) in [6.07, 6.45) is 0. The first-order chi connectivity index (χ1) is 9.25. The first kappa shape index (κ1) is 12.9. The summed E-state index contributed by atoms with van der Waals surface area (Å²) < 4.78 is 5.27. The molecule has 1 N–H and O–H groups in total. The van der Waals surface area contributed by atoms with E-state index < -0.39 is 0 Å². The molecule has 0 spiro atoms. The first-order valence-corrected chi connectivity index (χ1v) is 7.49. The molecule has 2 aromatic rings. The lowest BCUT2D eigenvalue weighted by molar-refractivity contribution is -0.0991. The second-order valence-electron chi connectivity index (χ2n) is 5.54. The van der Waals surface area contributed by atoms with Gasteiger partial charge in [0.1, 0.15) is 0 Å². The Morgan fingerprint density at radius 2 is 1.95 bits per heavy atom. The maximum Gasteiger partial charge on any atom is 0.0554 e. The molecule has 2 nitrogen and oxygen atoms in total. The molecule has 1 aliphatic heterocycles. The summed E-state index contributed by atoms with van der Waals surface area (Å²) in [6.45, 7) is 6.03. The second-order valence-corrected chi connectivity index (χ2v) is 6.71. The molecule has 0 amide bonds. The highest BCUT2D eigenvalue weighted by atomic mass is 32.1. The molecule has 0 aliphatic carbocycles. The van der Waals surface area contributed by atoms with E-state index in [9.17, 15) is 0 Å².